The number of hydrogen-bond donors (Lipinski definition) is 2. The molecule has 19 heavy (non-hydrogen) atoms. The molecule has 0 unspecified atom stereocenters. The van der Waals surface area contributed by atoms with Crippen LogP contribution < -0.4 is 10.6 Å². The zero-order chi connectivity index (χ0) is 13.5. The molecule has 0 bridgehead atoms. The Bertz CT molecular complexity index is 513. The Morgan fingerprint density at radius 1 is 1.16 bits per heavy atom. The number of anilines is 1. The highest BCUT2D eigenvalue weighted by Gasteiger charge is 2.08. The van der Waals surface area contributed by atoms with Crippen molar-refractivity contribution in [3.05, 3.63) is 60.4 Å². The van der Waals surface area contributed by atoms with Gasteiger partial charge in [-0.3, -0.25) is 9.78 Å². The molecule has 2 N–H and O–H groups in total. The topological polar surface area (TPSA) is 54.0 Å². The van der Waals surface area contributed by atoms with Gasteiger partial charge in [0.25, 0.3) is 0 Å². The standard InChI is InChI=1S/C15H17N3O/c1-12(14-9-5-6-10-16-14)17-11-15(19)18-13-7-3-2-4-8-13/h2-10,12,17H,11H2,1H3,(H,18,19)/t12-/m0/s1. The molecule has 2 rings (SSSR count). The lowest BCUT2D eigenvalue weighted by atomic mass is 10.2. The first-order valence-corrected chi connectivity index (χ1v) is 6.25. The van der Waals surface area contributed by atoms with Crippen molar-refractivity contribution in [2.75, 3.05) is 11.9 Å². The summed E-state index contributed by atoms with van der Waals surface area (Å²) in [7, 11) is 0. The number of carbonyl (C=O) groups is 1. The van der Waals surface area contributed by atoms with Crippen LogP contribution in [0.25, 0.3) is 0 Å². The number of para-hydroxylation sites is 1. The average molecular weight is 255 g/mol. The number of rotatable bonds is 5. The summed E-state index contributed by atoms with van der Waals surface area (Å²) in [6.45, 7) is 2.24. The minimum Gasteiger partial charge on any atom is -0.325 e. The fourth-order valence-electron chi connectivity index (χ4n) is 1.71. The third kappa shape index (κ3) is 4.19. The molecule has 0 saturated heterocycles. The van der Waals surface area contributed by atoms with Crippen LogP contribution in [0.3, 0.4) is 0 Å². The number of carbonyl (C=O) groups excluding carboxylic acids is 1. The van der Waals surface area contributed by atoms with Gasteiger partial charge in [0.05, 0.1) is 12.2 Å². The lowest BCUT2D eigenvalue weighted by Crippen LogP contribution is -2.30. The van der Waals surface area contributed by atoms with E-state index < -0.39 is 0 Å². The van der Waals surface area contributed by atoms with E-state index in [9.17, 15) is 4.79 Å². The molecule has 0 spiro atoms. The van der Waals surface area contributed by atoms with Crippen molar-refractivity contribution in [1.29, 1.82) is 0 Å². The summed E-state index contributed by atoms with van der Waals surface area (Å²) in [6.07, 6.45) is 1.75. The van der Waals surface area contributed by atoms with Crippen LogP contribution in [0.2, 0.25) is 0 Å². The Balaban J connectivity index is 1.81. The second-order valence-electron chi connectivity index (χ2n) is 4.27. The molecular weight excluding hydrogens is 238 g/mol. The van der Waals surface area contributed by atoms with E-state index in [1.807, 2.05) is 55.5 Å². The zero-order valence-corrected chi connectivity index (χ0v) is 10.8. The number of hydrogen-bond acceptors (Lipinski definition) is 3. The SMILES string of the molecule is C[C@H](NCC(=O)Nc1ccccc1)c1ccccn1. The maximum atomic E-state index is 11.8. The van der Waals surface area contributed by atoms with Crippen molar-refractivity contribution < 1.29 is 4.79 Å². The largest absolute Gasteiger partial charge is 0.325 e. The van der Waals surface area contributed by atoms with Crippen molar-refractivity contribution in [3.63, 3.8) is 0 Å². The van der Waals surface area contributed by atoms with Gasteiger partial charge >= 0.3 is 0 Å². The maximum Gasteiger partial charge on any atom is 0.238 e. The van der Waals surface area contributed by atoms with Crippen LogP contribution >= 0.6 is 0 Å². The zero-order valence-electron chi connectivity index (χ0n) is 10.8. The Kier molecular flexibility index (Phi) is 4.64. The van der Waals surface area contributed by atoms with Crippen LogP contribution in [-0.2, 0) is 4.79 Å². The van der Waals surface area contributed by atoms with Gasteiger partial charge in [0.2, 0.25) is 5.91 Å². The summed E-state index contributed by atoms with van der Waals surface area (Å²) in [5.41, 5.74) is 1.73. The minimum atomic E-state index is -0.0611. The van der Waals surface area contributed by atoms with Crippen LogP contribution in [0.5, 0.6) is 0 Å². The molecule has 2 aromatic rings. The van der Waals surface area contributed by atoms with Gasteiger partial charge in [-0.05, 0) is 31.2 Å². The Hall–Kier alpha value is -2.20. The number of amides is 1. The normalized spacial score (nSPS) is 11.8. The average Bonchev–Trinajstić information content (AvgIpc) is 2.47. The molecule has 0 fully saturated rings. The van der Waals surface area contributed by atoms with Gasteiger partial charge in [-0.15, -0.1) is 0 Å². The highest BCUT2D eigenvalue weighted by Crippen LogP contribution is 2.08. The Morgan fingerprint density at radius 3 is 2.58 bits per heavy atom. The van der Waals surface area contributed by atoms with Crippen molar-refractivity contribution in [3.8, 4) is 0 Å². The Labute approximate surface area is 112 Å². The summed E-state index contributed by atoms with van der Waals surface area (Å²) >= 11 is 0. The van der Waals surface area contributed by atoms with E-state index in [-0.39, 0.29) is 18.5 Å². The number of aromatic nitrogens is 1. The monoisotopic (exact) mass is 255 g/mol. The van der Waals surface area contributed by atoms with E-state index in [1.165, 1.54) is 0 Å². The molecule has 1 heterocycles. The predicted octanol–water partition coefficient (Wildman–Crippen LogP) is 2.37. The molecule has 4 heteroatoms. The third-order valence-electron chi connectivity index (χ3n) is 2.76. The molecule has 0 aliphatic carbocycles. The van der Waals surface area contributed by atoms with Crippen LogP contribution in [0.4, 0.5) is 5.69 Å². The van der Waals surface area contributed by atoms with Crippen LogP contribution in [0, 0.1) is 0 Å². The predicted molar refractivity (Wildman–Crippen MR) is 75.7 cm³/mol. The summed E-state index contributed by atoms with van der Waals surface area (Å²) in [6, 6.07) is 15.2. The molecule has 1 atom stereocenters. The van der Waals surface area contributed by atoms with Crippen molar-refractivity contribution in [2.45, 2.75) is 13.0 Å². The van der Waals surface area contributed by atoms with Crippen molar-refractivity contribution in [1.82, 2.24) is 10.3 Å². The number of nitrogens with one attached hydrogen (secondary N) is 2. The highest BCUT2D eigenvalue weighted by molar-refractivity contribution is 5.92. The lowest BCUT2D eigenvalue weighted by Gasteiger charge is -2.13. The van der Waals surface area contributed by atoms with Crippen LogP contribution in [-0.4, -0.2) is 17.4 Å². The first-order chi connectivity index (χ1) is 9.25. The lowest BCUT2D eigenvalue weighted by molar-refractivity contribution is -0.115. The van der Waals surface area contributed by atoms with Crippen molar-refractivity contribution in [2.24, 2.45) is 0 Å². The summed E-state index contributed by atoms with van der Waals surface area (Å²) in [5.74, 6) is -0.0611. The molecule has 1 amide bonds. The van der Waals surface area contributed by atoms with Gasteiger partial charge in [-0.25, -0.2) is 0 Å². The van der Waals surface area contributed by atoms with Gasteiger partial charge in [0.15, 0.2) is 0 Å². The van der Waals surface area contributed by atoms with E-state index in [1.54, 1.807) is 6.20 Å². The second kappa shape index (κ2) is 6.66. The van der Waals surface area contributed by atoms with Crippen LogP contribution in [0.1, 0.15) is 18.7 Å². The molecule has 0 radical (unpaired) electrons. The first kappa shape index (κ1) is 13.2. The van der Waals surface area contributed by atoms with Gasteiger partial charge in [-0.1, -0.05) is 24.3 Å². The van der Waals surface area contributed by atoms with Crippen molar-refractivity contribution >= 4 is 11.6 Å². The van der Waals surface area contributed by atoms with E-state index in [0.29, 0.717) is 0 Å². The molecule has 1 aromatic heterocycles. The number of nitrogens with zero attached hydrogens (tertiary/aromatic N) is 1. The van der Waals surface area contributed by atoms with Gasteiger partial charge in [0, 0.05) is 17.9 Å². The smallest absolute Gasteiger partial charge is 0.238 e. The van der Waals surface area contributed by atoms with E-state index >= 15 is 0 Å². The fraction of sp³-hybridized carbons (Fsp3) is 0.200. The Morgan fingerprint density at radius 2 is 1.89 bits per heavy atom. The number of benzene rings is 1. The van der Waals surface area contributed by atoms with Gasteiger partial charge < -0.3 is 10.6 Å². The molecule has 0 saturated carbocycles. The highest BCUT2D eigenvalue weighted by atomic mass is 16.1. The van der Waals surface area contributed by atoms with Gasteiger partial charge in [-0.2, -0.15) is 0 Å². The van der Waals surface area contributed by atoms with Gasteiger partial charge in [0.1, 0.15) is 0 Å². The summed E-state index contributed by atoms with van der Waals surface area (Å²) in [4.78, 5) is 16.0. The second-order valence-corrected chi connectivity index (χ2v) is 4.27. The van der Waals surface area contributed by atoms with E-state index in [4.69, 9.17) is 0 Å². The minimum absolute atomic E-state index is 0.0442. The third-order valence-corrected chi connectivity index (χ3v) is 2.76. The fourth-order valence-corrected chi connectivity index (χ4v) is 1.71. The molecule has 0 aliphatic rings. The molecular formula is C15H17N3O. The molecule has 98 valence electrons. The van der Waals surface area contributed by atoms with E-state index in [2.05, 4.69) is 15.6 Å². The summed E-state index contributed by atoms with van der Waals surface area (Å²) < 4.78 is 0. The van der Waals surface area contributed by atoms with E-state index in [0.717, 1.165) is 11.4 Å². The van der Waals surface area contributed by atoms with Crippen LogP contribution in [0.15, 0.2) is 54.7 Å². The molecule has 1 aromatic carbocycles. The maximum absolute atomic E-state index is 11.8. The summed E-state index contributed by atoms with van der Waals surface area (Å²) in [5, 5.41) is 5.97. The molecule has 4 nitrogen and oxygen atoms in total. The first-order valence-electron chi connectivity index (χ1n) is 6.25. The number of pyridine rings is 1. The quantitative estimate of drug-likeness (QED) is 0.862. The molecule has 0 aliphatic heterocycles.